The third-order valence-corrected chi connectivity index (χ3v) is 8.64. The maximum Gasteiger partial charge on any atom is 0.416 e. The van der Waals surface area contributed by atoms with Gasteiger partial charge in [-0.05, 0) is 61.9 Å². The molecule has 0 spiro atoms. The molecule has 208 valence electrons. The second kappa shape index (κ2) is 10.2. The van der Waals surface area contributed by atoms with Gasteiger partial charge in [-0.3, -0.25) is 9.10 Å². The fraction of sp³-hybridized carbons (Fsp3) is 0.269. The minimum Gasteiger partial charge on any atom is -0.486 e. The molecule has 0 bridgehead atoms. The molecule has 0 aliphatic carbocycles. The molecule has 1 atom stereocenters. The minimum atomic E-state index is -4.79. The van der Waals surface area contributed by atoms with E-state index in [9.17, 15) is 35.9 Å². The average molecular weight is 606 g/mol. The molecule has 1 unspecified atom stereocenters. The Morgan fingerprint density at radius 2 is 1.79 bits per heavy atom. The highest BCUT2D eigenvalue weighted by molar-refractivity contribution is 7.92. The summed E-state index contributed by atoms with van der Waals surface area (Å²) in [6, 6.07) is 9.89. The van der Waals surface area contributed by atoms with Gasteiger partial charge >= 0.3 is 12.1 Å². The number of rotatable bonds is 6. The summed E-state index contributed by atoms with van der Waals surface area (Å²) in [7, 11) is -4.62. The largest absolute Gasteiger partial charge is 0.486 e. The lowest BCUT2D eigenvalue weighted by Gasteiger charge is -2.38. The van der Waals surface area contributed by atoms with Gasteiger partial charge in [-0.25, -0.2) is 12.8 Å². The average Bonchev–Trinajstić information content (AvgIpc) is 2.84. The van der Waals surface area contributed by atoms with Crippen LogP contribution in [-0.2, 0) is 21.0 Å². The smallest absolute Gasteiger partial charge is 0.416 e. The SMILES string of the molecule is CC(C)(CC1CN(S(=O)(=O)c2cccc(C(F)(F)F)c2)c2cc(-c3cc(Cl)cc(F)c3Cl)ccc2O1)C(=O)O. The van der Waals surface area contributed by atoms with E-state index in [1.54, 1.807) is 0 Å². The van der Waals surface area contributed by atoms with E-state index in [1.807, 2.05) is 0 Å². The number of aliphatic carboxylic acids is 1. The Kier molecular flexibility index (Phi) is 7.57. The summed E-state index contributed by atoms with van der Waals surface area (Å²) in [5.74, 6) is -1.92. The summed E-state index contributed by atoms with van der Waals surface area (Å²) in [6.07, 6.45) is -5.85. The number of carboxylic acids is 1. The van der Waals surface area contributed by atoms with Crippen molar-refractivity contribution in [2.45, 2.75) is 37.4 Å². The molecule has 0 aromatic heterocycles. The number of carbonyl (C=O) groups is 1. The van der Waals surface area contributed by atoms with Crippen LogP contribution in [0.1, 0.15) is 25.8 Å². The quantitative estimate of drug-likeness (QED) is 0.236. The van der Waals surface area contributed by atoms with Gasteiger partial charge in [0.15, 0.2) is 0 Å². The lowest BCUT2D eigenvalue weighted by molar-refractivity contribution is -0.148. The predicted octanol–water partition coefficient (Wildman–Crippen LogP) is 7.28. The van der Waals surface area contributed by atoms with Gasteiger partial charge in [0, 0.05) is 17.0 Å². The first-order chi connectivity index (χ1) is 18.0. The molecule has 1 aliphatic rings. The molecule has 39 heavy (non-hydrogen) atoms. The number of anilines is 1. The highest BCUT2D eigenvalue weighted by Crippen LogP contribution is 2.44. The van der Waals surface area contributed by atoms with Crippen LogP contribution in [0.25, 0.3) is 11.1 Å². The van der Waals surface area contributed by atoms with Gasteiger partial charge in [-0.15, -0.1) is 0 Å². The van der Waals surface area contributed by atoms with Crippen molar-refractivity contribution in [3.8, 4) is 16.9 Å². The standard InChI is InChI=1S/C26H21Cl2F4NO5S/c1-25(2,24(34)35)12-17-13-33(39(36,37)18-5-3-4-15(9-18)26(30,31)32)21-8-14(6-7-22(21)38-17)19-10-16(27)11-20(29)23(19)28/h3-11,17H,12-13H2,1-2H3,(H,34,35). The molecule has 0 fully saturated rings. The molecule has 0 saturated heterocycles. The van der Waals surface area contributed by atoms with E-state index in [-0.39, 0.29) is 39.0 Å². The first-order valence-electron chi connectivity index (χ1n) is 11.4. The number of ether oxygens (including phenoxy) is 1. The maximum absolute atomic E-state index is 14.3. The summed E-state index contributed by atoms with van der Waals surface area (Å²) in [4.78, 5) is 11.1. The third kappa shape index (κ3) is 5.80. The van der Waals surface area contributed by atoms with Crippen LogP contribution in [0.5, 0.6) is 5.75 Å². The monoisotopic (exact) mass is 605 g/mol. The molecule has 13 heteroatoms. The zero-order valence-corrected chi connectivity index (χ0v) is 22.7. The molecule has 3 aromatic rings. The molecule has 1 aliphatic heterocycles. The normalized spacial score (nSPS) is 16.0. The number of hydrogen-bond donors (Lipinski definition) is 1. The van der Waals surface area contributed by atoms with Crippen LogP contribution in [0.4, 0.5) is 23.2 Å². The third-order valence-electron chi connectivity index (χ3n) is 6.26. The number of alkyl halides is 3. The van der Waals surface area contributed by atoms with Crippen LogP contribution in [0.15, 0.2) is 59.5 Å². The van der Waals surface area contributed by atoms with Gasteiger partial charge in [0.1, 0.15) is 17.7 Å². The topological polar surface area (TPSA) is 83.9 Å². The fourth-order valence-electron chi connectivity index (χ4n) is 4.20. The summed E-state index contributed by atoms with van der Waals surface area (Å²) in [5.41, 5.74) is -2.10. The van der Waals surface area contributed by atoms with E-state index in [4.69, 9.17) is 27.9 Å². The van der Waals surface area contributed by atoms with Crippen molar-refractivity contribution in [1.82, 2.24) is 0 Å². The lowest BCUT2D eigenvalue weighted by atomic mass is 9.86. The minimum absolute atomic E-state index is 0.0327. The van der Waals surface area contributed by atoms with Crippen molar-refractivity contribution in [3.63, 3.8) is 0 Å². The highest BCUT2D eigenvalue weighted by atomic mass is 35.5. The Morgan fingerprint density at radius 1 is 1.10 bits per heavy atom. The molecule has 4 rings (SSSR count). The Balaban J connectivity index is 1.87. The molecule has 3 aromatic carbocycles. The van der Waals surface area contributed by atoms with Gasteiger partial charge in [0.2, 0.25) is 0 Å². The molecule has 1 heterocycles. The molecule has 0 saturated carbocycles. The zero-order chi connectivity index (χ0) is 28.9. The van der Waals surface area contributed by atoms with Crippen molar-refractivity contribution in [1.29, 1.82) is 0 Å². The number of hydrogen-bond acceptors (Lipinski definition) is 4. The van der Waals surface area contributed by atoms with Crippen molar-refractivity contribution in [3.05, 3.63) is 76.0 Å². The first-order valence-corrected chi connectivity index (χ1v) is 13.6. The summed E-state index contributed by atoms with van der Waals surface area (Å²) in [6.45, 7) is 2.49. The van der Waals surface area contributed by atoms with Crippen molar-refractivity contribution in [2.24, 2.45) is 5.41 Å². The van der Waals surface area contributed by atoms with Crippen LogP contribution in [0.2, 0.25) is 10.0 Å². The highest BCUT2D eigenvalue weighted by Gasteiger charge is 2.40. The second-order valence-electron chi connectivity index (χ2n) is 9.63. The van der Waals surface area contributed by atoms with Crippen molar-refractivity contribution >= 4 is 44.9 Å². The number of sulfonamides is 1. The predicted molar refractivity (Wildman–Crippen MR) is 138 cm³/mol. The Labute approximate surface area is 231 Å². The van der Waals surface area contributed by atoms with Crippen LogP contribution in [-0.4, -0.2) is 32.1 Å². The Morgan fingerprint density at radius 3 is 2.44 bits per heavy atom. The van der Waals surface area contributed by atoms with Crippen LogP contribution in [0.3, 0.4) is 0 Å². The second-order valence-corrected chi connectivity index (χ2v) is 12.3. The number of benzene rings is 3. The first kappa shape index (κ1) is 29.0. The van der Waals surface area contributed by atoms with Crippen molar-refractivity contribution in [2.75, 3.05) is 10.8 Å². The summed E-state index contributed by atoms with van der Waals surface area (Å²) in [5, 5.41) is 9.32. The van der Waals surface area contributed by atoms with Gasteiger partial charge in [-0.1, -0.05) is 35.3 Å². The van der Waals surface area contributed by atoms with Gasteiger partial charge in [0.25, 0.3) is 10.0 Å². The molecular formula is C26H21Cl2F4NO5S. The van der Waals surface area contributed by atoms with E-state index >= 15 is 0 Å². The van der Waals surface area contributed by atoms with Crippen LogP contribution >= 0.6 is 23.2 Å². The van der Waals surface area contributed by atoms with Crippen LogP contribution in [0, 0.1) is 11.2 Å². The van der Waals surface area contributed by atoms with E-state index in [0.717, 1.165) is 28.6 Å². The van der Waals surface area contributed by atoms with Crippen LogP contribution < -0.4 is 9.04 Å². The number of carboxylic acid groups (broad SMARTS) is 1. The summed E-state index contributed by atoms with van der Waals surface area (Å²) >= 11 is 12.1. The molecule has 1 N–H and O–H groups in total. The van der Waals surface area contributed by atoms with E-state index < -0.39 is 56.5 Å². The Hall–Kier alpha value is -3.02. The van der Waals surface area contributed by atoms with E-state index in [1.165, 1.54) is 38.1 Å². The number of nitrogens with zero attached hydrogens (tertiary/aromatic N) is 1. The number of halogens is 6. The van der Waals surface area contributed by atoms with Crippen molar-refractivity contribution < 1.29 is 40.6 Å². The van der Waals surface area contributed by atoms with Gasteiger partial charge < -0.3 is 9.84 Å². The Bertz CT molecular complexity index is 1560. The molecule has 0 amide bonds. The number of fused-ring (bicyclic) bond motifs is 1. The molecule has 0 radical (unpaired) electrons. The maximum atomic E-state index is 14.3. The molecular weight excluding hydrogens is 585 g/mol. The molecule has 6 nitrogen and oxygen atoms in total. The van der Waals surface area contributed by atoms with E-state index in [0.29, 0.717) is 6.07 Å². The van der Waals surface area contributed by atoms with E-state index in [2.05, 4.69) is 0 Å². The lowest BCUT2D eigenvalue weighted by Crippen LogP contribution is -2.46. The zero-order valence-electron chi connectivity index (χ0n) is 20.4. The fourth-order valence-corrected chi connectivity index (χ4v) is 6.16. The van der Waals surface area contributed by atoms with Gasteiger partial charge in [0.05, 0.1) is 33.1 Å². The van der Waals surface area contributed by atoms with Gasteiger partial charge in [-0.2, -0.15) is 13.2 Å². The summed E-state index contributed by atoms with van der Waals surface area (Å²) < 4.78 is 88.7.